The maximum atomic E-state index is 5.55. The SMILES string of the molecule is C[P@]1(c2ccccc2)=N[P+](CBr)(c2ccccc2)N=[P@@](C)(c2ccccc2)N1. The number of benzene rings is 3. The molecule has 3 atom stereocenters. The maximum Gasteiger partial charge on any atom is 0.291 e. The summed E-state index contributed by atoms with van der Waals surface area (Å²) in [6, 6.07) is 32.1. The Labute approximate surface area is 176 Å². The van der Waals surface area contributed by atoms with Gasteiger partial charge in [-0.05, 0) is 41.4 Å². The van der Waals surface area contributed by atoms with Crippen LogP contribution in [0.3, 0.4) is 0 Å². The molecule has 0 saturated carbocycles. The van der Waals surface area contributed by atoms with Crippen molar-refractivity contribution >= 4 is 53.8 Å². The number of alkyl halides is 1. The summed E-state index contributed by atoms with van der Waals surface area (Å²) in [5.74, 6) is 0. The summed E-state index contributed by atoms with van der Waals surface area (Å²) in [6.45, 7) is 4.61. The molecular weight excluding hydrogens is 467 g/mol. The van der Waals surface area contributed by atoms with Gasteiger partial charge in [0.1, 0.15) is 19.7 Å². The van der Waals surface area contributed by atoms with Crippen molar-refractivity contribution in [3.8, 4) is 0 Å². The fourth-order valence-corrected chi connectivity index (χ4v) is 20.8. The molecule has 4 rings (SSSR count). The molecule has 1 aliphatic heterocycles. The van der Waals surface area contributed by atoms with Crippen LogP contribution in [0.4, 0.5) is 0 Å². The highest BCUT2D eigenvalue weighted by molar-refractivity contribution is 9.10. The first-order valence-electron chi connectivity index (χ1n) is 9.13. The monoisotopic (exact) mass is 490 g/mol. The van der Waals surface area contributed by atoms with Crippen LogP contribution in [0.5, 0.6) is 0 Å². The van der Waals surface area contributed by atoms with Gasteiger partial charge in [0.15, 0.2) is 5.07 Å². The average molecular weight is 491 g/mol. The predicted molar refractivity (Wildman–Crippen MR) is 133 cm³/mol. The molecule has 7 heteroatoms. The van der Waals surface area contributed by atoms with E-state index in [9.17, 15) is 0 Å². The van der Waals surface area contributed by atoms with Gasteiger partial charge in [0, 0.05) is 10.6 Å². The van der Waals surface area contributed by atoms with Crippen LogP contribution >= 0.6 is 37.9 Å². The Morgan fingerprint density at radius 3 is 1.50 bits per heavy atom. The molecular formula is C21H24BrN3P3+. The molecule has 1 aliphatic rings. The van der Waals surface area contributed by atoms with E-state index in [0.29, 0.717) is 0 Å². The van der Waals surface area contributed by atoms with Crippen LogP contribution in [0.15, 0.2) is 100 Å². The third-order valence-corrected chi connectivity index (χ3v) is 19.4. The Hall–Kier alpha value is -1.01. The summed E-state index contributed by atoms with van der Waals surface area (Å²) in [7, 11) is -6.01. The highest BCUT2D eigenvalue weighted by atomic mass is 79.9. The van der Waals surface area contributed by atoms with E-state index >= 15 is 0 Å². The molecule has 0 spiro atoms. The smallest absolute Gasteiger partial charge is 0.235 e. The standard InChI is InChI=1S/C21H24BrN3P3/c1-26(19-12-6-3-7-13-19)23-27(2,20-14-8-4-9-15-20)25-28(18-22,24-26)21-16-10-5-11-17-21/h3-17,23H,18H2,1-2H3/q+1/t26-,27+,28?. The van der Waals surface area contributed by atoms with Gasteiger partial charge in [-0.15, -0.1) is 0 Å². The molecule has 144 valence electrons. The molecule has 0 fully saturated rings. The third kappa shape index (κ3) is 3.74. The summed E-state index contributed by atoms with van der Waals surface area (Å²) in [4.78, 5) is 3.99. The van der Waals surface area contributed by atoms with Crippen molar-refractivity contribution in [3.05, 3.63) is 91.0 Å². The number of hydrogen-bond donors (Lipinski definition) is 1. The van der Waals surface area contributed by atoms with E-state index in [4.69, 9.17) is 9.03 Å². The summed E-state index contributed by atoms with van der Waals surface area (Å²) in [6.07, 6.45) is 0. The lowest BCUT2D eigenvalue weighted by Gasteiger charge is -2.35. The summed E-state index contributed by atoms with van der Waals surface area (Å²) >= 11 is 3.82. The van der Waals surface area contributed by atoms with Crippen LogP contribution in [0.1, 0.15) is 0 Å². The summed E-state index contributed by atoms with van der Waals surface area (Å²) in [5.41, 5.74) is 0. The molecule has 0 aromatic heterocycles. The highest BCUT2D eigenvalue weighted by Gasteiger charge is 2.49. The zero-order valence-electron chi connectivity index (χ0n) is 16.0. The van der Waals surface area contributed by atoms with Gasteiger partial charge in [-0.1, -0.05) is 87.9 Å². The van der Waals surface area contributed by atoms with Crippen LogP contribution in [-0.4, -0.2) is 18.4 Å². The van der Waals surface area contributed by atoms with Gasteiger partial charge in [-0.2, -0.15) is 0 Å². The number of nitrogens with one attached hydrogen (secondary N) is 1. The molecule has 3 aromatic rings. The van der Waals surface area contributed by atoms with E-state index in [2.05, 4.69) is 125 Å². The number of hydrogen-bond acceptors (Lipinski definition) is 3. The lowest BCUT2D eigenvalue weighted by atomic mass is 10.4. The quantitative estimate of drug-likeness (QED) is 0.340. The second-order valence-electron chi connectivity index (χ2n) is 7.05. The minimum absolute atomic E-state index is 0.774. The Morgan fingerprint density at radius 2 is 1.11 bits per heavy atom. The number of nitrogens with zero attached hydrogens (tertiary/aromatic N) is 2. The van der Waals surface area contributed by atoms with Crippen molar-refractivity contribution in [1.82, 2.24) is 4.86 Å². The molecule has 0 amide bonds. The van der Waals surface area contributed by atoms with E-state index in [1.807, 2.05) is 0 Å². The van der Waals surface area contributed by atoms with Crippen molar-refractivity contribution < 1.29 is 0 Å². The van der Waals surface area contributed by atoms with Crippen molar-refractivity contribution in [1.29, 1.82) is 0 Å². The van der Waals surface area contributed by atoms with Crippen LogP contribution in [-0.2, 0) is 0 Å². The first-order chi connectivity index (χ1) is 13.5. The van der Waals surface area contributed by atoms with E-state index < -0.39 is 22.0 Å². The van der Waals surface area contributed by atoms with Gasteiger partial charge in [-0.3, -0.25) is 0 Å². The average Bonchev–Trinajstić information content (AvgIpc) is 2.75. The molecule has 0 aliphatic carbocycles. The van der Waals surface area contributed by atoms with Gasteiger partial charge in [0.2, 0.25) is 0 Å². The molecule has 3 aromatic carbocycles. The van der Waals surface area contributed by atoms with E-state index in [0.717, 1.165) is 5.07 Å². The summed E-state index contributed by atoms with van der Waals surface area (Å²) < 4.78 is 11.1. The second kappa shape index (κ2) is 8.02. The second-order valence-corrected chi connectivity index (χ2v) is 17.9. The molecule has 1 heterocycles. The minimum atomic E-state index is -2.09. The number of rotatable bonds is 4. The Kier molecular flexibility index (Phi) is 5.81. The van der Waals surface area contributed by atoms with Gasteiger partial charge >= 0.3 is 0 Å². The molecule has 1 N–H and O–H groups in total. The normalized spacial score (nSPS) is 29.5. The van der Waals surface area contributed by atoms with Gasteiger partial charge in [0.05, 0.1) is 0 Å². The first kappa shape index (κ1) is 20.3. The lowest BCUT2D eigenvalue weighted by Crippen LogP contribution is -2.26. The molecule has 1 unspecified atom stereocenters. The van der Waals surface area contributed by atoms with Crippen LogP contribution in [0, 0.1) is 0 Å². The van der Waals surface area contributed by atoms with Crippen molar-refractivity contribution in [2.45, 2.75) is 0 Å². The van der Waals surface area contributed by atoms with E-state index in [1.165, 1.54) is 15.9 Å². The highest BCUT2D eigenvalue weighted by Crippen LogP contribution is 2.77. The third-order valence-electron chi connectivity index (χ3n) is 4.90. The Morgan fingerprint density at radius 1 is 0.714 bits per heavy atom. The number of halogens is 1. The lowest BCUT2D eigenvalue weighted by molar-refractivity contribution is 1.48. The zero-order chi connectivity index (χ0) is 19.7. The molecule has 0 saturated heterocycles. The largest absolute Gasteiger partial charge is 0.291 e. The fraction of sp³-hybridized carbons (Fsp3) is 0.143. The van der Waals surface area contributed by atoms with Gasteiger partial charge in [-0.25, -0.2) is 4.86 Å². The maximum absolute atomic E-state index is 5.55. The molecule has 0 radical (unpaired) electrons. The molecule has 0 bridgehead atoms. The van der Waals surface area contributed by atoms with E-state index in [-0.39, 0.29) is 0 Å². The summed E-state index contributed by atoms with van der Waals surface area (Å²) in [5, 5.41) is 4.59. The minimum Gasteiger partial charge on any atom is -0.235 e. The molecule has 3 nitrogen and oxygen atoms in total. The van der Waals surface area contributed by atoms with Crippen LogP contribution in [0.25, 0.3) is 0 Å². The van der Waals surface area contributed by atoms with Crippen molar-refractivity contribution in [2.75, 3.05) is 18.4 Å². The Balaban J connectivity index is 2.02. The van der Waals surface area contributed by atoms with Gasteiger partial charge in [0.25, 0.3) is 7.56 Å². The van der Waals surface area contributed by atoms with Crippen molar-refractivity contribution in [2.24, 2.45) is 9.03 Å². The van der Waals surface area contributed by atoms with Crippen LogP contribution in [0.2, 0.25) is 0 Å². The topological polar surface area (TPSA) is 36.8 Å². The van der Waals surface area contributed by atoms with Gasteiger partial charge < -0.3 is 0 Å². The van der Waals surface area contributed by atoms with E-state index in [1.54, 1.807) is 0 Å². The first-order valence-corrected chi connectivity index (χ1v) is 16.5. The van der Waals surface area contributed by atoms with Crippen LogP contribution < -0.4 is 20.8 Å². The Bertz CT molecular complexity index is 1010. The fourth-order valence-electron chi connectivity index (χ4n) is 3.57. The predicted octanol–water partition coefficient (Wildman–Crippen LogP) is 6.26. The molecule has 28 heavy (non-hydrogen) atoms. The van der Waals surface area contributed by atoms with Crippen molar-refractivity contribution in [3.63, 3.8) is 0 Å². The zero-order valence-corrected chi connectivity index (χ0v) is 20.3.